The largest absolute Gasteiger partial charge is 0.508 e. The molecule has 0 aliphatic carbocycles. The summed E-state index contributed by atoms with van der Waals surface area (Å²) in [6, 6.07) is 6.16. The Kier molecular flexibility index (Phi) is 4.98. The van der Waals surface area contributed by atoms with E-state index in [1.807, 2.05) is 6.92 Å². The molecule has 1 amide bonds. The van der Waals surface area contributed by atoms with E-state index in [0.717, 1.165) is 18.6 Å². The van der Waals surface area contributed by atoms with Crippen LogP contribution in [0, 0.1) is 5.92 Å². The zero-order valence-corrected chi connectivity index (χ0v) is 11.7. The Labute approximate surface area is 119 Å². The van der Waals surface area contributed by atoms with E-state index in [-0.39, 0.29) is 17.8 Å². The van der Waals surface area contributed by atoms with Crippen molar-refractivity contribution in [3.05, 3.63) is 29.8 Å². The highest BCUT2D eigenvalue weighted by Crippen LogP contribution is 2.19. The fraction of sp³-hybridized carbons (Fsp3) is 0.533. The number of hydrogen-bond donors (Lipinski definition) is 3. The first-order valence-corrected chi connectivity index (χ1v) is 6.99. The van der Waals surface area contributed by atoms with Crippen LogP contribution in [0.25, 0.3) is 0 Å². The minimum atomic E-state index is -0.572. The summed E-state index contributed by atoms with van der Waals surface area (Å²) in [5.41, 5.74) is 6.83. The Bertz CT molecular complexity index is 447. The monoisotopic (exact) mass is 278 g/mol. The summed E-state index contributed by atoms with van der Waals surface area (Å²) in [7, 11) is 0. The lowest BCUT2D eigenvalue weighted by molar-refractivity contribution is -0.122. The van der Waals surface area contributed by atoms with Gasteiger partial charge < -0.3 is 20.9 Å². The second-order valence-electron chi connectivity index (χ2n) is 5.35. The number of ether oxygens (including phenoxy) is 1. The predicted molar refractivity (Wildman–Crippen MR) is 76.3 cm³/mol. The fourth-order valence-corrected chi connectivity index (χ4v) is 2.39. The Morgan fingerprint density at radius 2 is 2.20 bits per heavy atom. The normalized spacial score (nSPS) is 23.5. The zero-order chi connectivity index (χ0) is 14.5. The van der Waals surface area contributed by atoms with Gasteiger partial charge in [-0.05, 0) is 37.5 Å². The number of nitrogens with one attached hydrogen (secondary N) is 1. The summed E-state index contributed by atoms with van der Waals surface area (Å²) < 4.78 is 5.46. The van der Waals surface area contributed by atoms with Crippen molar-refractivity contribution in [1.29, 1.82) is 0 Å². The Balaban J connectivity index is 1.78. The van der Waals surface area contributed by atoms with Crippen molar-refractivity contribution in [3.63, 3.8) is 0 Å². The van der Waals surface area contributed by atoms with Crippen molar-refractivity contribution >= 4 is 5.91 Å². The van der Waals surface area contributed by atoms with Gasteiger partial charge in [0.15, 0.2) is 0 Å². The molecule has 0 saturated carbocycles. The summed E-state index contributed by atoms with van der Waals surface area (Å²) in [5, 5.41) is 12.1. The number of nitrogens with two attached hydrogens (primary N) is 1. The highest BCUT2D eigenvalue weighted by Gasteiger charge is 2.25. The van der Waals surface area contributed by atoms with Crippen LogP contribution in [0.5, 0.6) is 5.75 Å². The standard InChI is InChI=1S/C15H22N2O3/c1-10-12(6-7-20-10)9-17-15(19)14(16)8-11-2-4-13(18)5-3-11/h2-5,10,12,14,18H,6-9,16H2,1H3,(H,17,19)/t10?,12?,14-/m0/s1. The molecule has 4 N–H and O–H groups in total. The van der Waals surface area contributed by atoms with Crippen LogP contribution in [0.15, 0.2) is 24.3 Å². The molecular formula is C15H22N2O3. The molecule has 1 saturated heterocycles. The molecule has 0 aromatic heterocycles. The quantitative estimate of drug-likeness (QED) is 0.744. The lowest BCUT2D eigenvalue weighted by Crippen LogP contribution is -2.44. The van der Waals surface area contributed by atoms with Crippen molar-refractivity contribution in [2.75, 3.05) is 13.2 Å². The van der Waals surface area contributed by atoms with Gasteiger partial charge in [-0.1, -0.05) is 12.1 Å². The zero-order valence-electron chi connectivity index (χ0n) is 11.7. The number of hydrogen-bond acceptors (Lipinski definition) is 4. The molecule has 1 heterocycles. The van der Waals surface area contributed by atoms with E-state index in [1.165, 1.54) is 0 Å². The lowest BCUT2D eigenvalue weighted by atomic mass is 10.0. The molecule has 0 radical (unpaired) electrons. The van der Waals surface area contributed by atoms with Gasteiger partial charge in [0, 0.05) is 19.1 Å². The topological polar surface area (TPSA) is 84.6 Å². The van der Waals surface area contributed by atoms with Gasteiger partial charge in [0.25, 0.3) is 0 Å². The number of phenols is 1. The van der Waals surface area contributed by atoms with Gasteiger partial charge in [0.1, 0.15) is 5.75 Å². The number of benzene rings is 1. The summed E-state index contributed by atoms with van der Waals surface area (Å²) in [5.74, 6) is 0.444. The van der Waals surface area contributed by atoms with Gasteiger partial charge in [-0.3, -0.25) is 4.79 Å². The second-order valence-corrected chi connectivity index (χ2v) is 5.35. The molecule has 3 atom stereocenters. The molecule has 1 aliphatic rings. The van der Waals surface area contributed by atoms with E-state index in [0.29, 0.717) is 18.9 Å². The van der Waals surface area contributed by atoms with E-state index < -0.39 is 6.04 Å². The number of carbonyl (C=O) groups excluding carboxylic acids is 1. The molecule has 1 aromatic rings. The van der Waals surface area contributed by atoms with E-state index in [2.05, 4.69) is 5.32 Å². The van der Waals surface area contributed by atoms with Crippen LogP contribution < -0.4 is 11.1 Å². The SMILES string of the molecule is CC1OCCC1CNC(=O)[C@@H](N)Cc1ccc(O)cc1. The van der Waals surface area contributed by atoms with Gasteiger partial charge in [-0.25, -0.2) is 0 Å². The summed E-state index contributed by atoms with van der Waals surface area (Å²) in [4.78, 5) is 12.0. The molecule has 20 heavy (non-hydrogen) atoms. The highest BCUT2D eigenvalue weighted by atomic mass is 16.5. The molecule has 5 heteroatoms. The molecule has 1 aliphatic heterocycles. The average Bonchev–Trinajstić information content (AvgIpc) is 2.84. The molecule has 2 unspecified atom stereocenters. The van der Waals surface area contributed by atoms with Crippen LogP contribution >= 0.6 is 0 Å². The third kappa shape index (κ3) is 3.95. The maximum Gasteiger partial charge on any atom is 0.237 e. The third-order valence-corrected chi connectivity index (χ3v) is 3.80. The maximum absolute atomic E-state index is 12.0. The summed E-state index contributed by atoms with van der Waals surface area (Å²) >= 11 is 0. The molecule has 1 aromatic carbocycles. The number of carbonyl (C=O) groups is 1. The third-order valence-electron chi connectivity index (χ3n) is 3.80. The van der Waals surface area contributed by atoms with Crippen molar-refractivity contribution in [3.8, 4) is 5.75 Å². The van der Waals surface area contributed by atoms with Crippen molar-refractivity contribution in [2.24, 2.45) is 11.7 Å². The highest BCUT2D eigenvalue weighted by molar-refractivity contribution is 5.81. The molecule has 1 fully saturated rings. The molecule has 2 rings (SSSR count). The molecule has 5 nitrogen and oxygen atoms in total. The van der Waals surface area contributed by atoms with E-state index in [1.54, 1.807) is 24.3 Å². The molecule has 0 bridgehead atoms. The van der Waals surface area contributed by atoms with Gasteiger partial charge in [-0.15, -0.1) is 0 Å². The Hall–Kier alpha value is -1.59. The van der Waals surface area contributed by atoms with Crippen LogP contribution in [0.2, 0.25) is 0 Å². The van der Waals surface area contributed by atoms with Crippen molar-refractivity contribution in [1.82, 2.24) is 5.32 Å². The first-order valence-electron chi connectivity index (χ1n) is 6.99. The smallest absolute Gasteiger partial charge is 0.237 e. The van der Waals surface area contributed by atoms with Gasteiger partial charge in [-0.2, -0.15) is 0 Å². The first kappa shape index (κ1) is 14.8. The fourth-order valence-electron chi connectivity index (χ4n) is 2.39. The lowest BCUT2D eigenvalue weighted by Gasteiger charge is -2.17. The average molecular weight is 278 g/mol. The van der Waals surface area contributed by atoms with Gasteiger partial charge in [0.05, 0.1) is 12.1 Å². The Morgan fingerprint density at radius 3 is 2.80 bits per heavy atom. The second kappa shape index (κ2) is 6.72. The number of rotatable bonds is 5. The van der Waals surface area contributed by atoms with Crippen LogP contribution in [-0.2, 0) is 16.0 Å². The van der Waals surface area contributed by atoms with Gasteiger partial charge >= 0.3 is 0 Å². The van der Waals surface area contributed by atoms with Crippen LogP contribution in [0.1, 0.15) is 18.9 Å². The number of aromatic hydroxyl groups is 1. The molecule has 0 spiro atoms. The minimum Gasteiger partial charge on any atom is -0.508 e. The number of amides is 1. The maximum atomic E-state index is 12.0. The van der Waals surface area contributed by atoms with Crippen LogP contribution in [0.3, 0.4) is 0 Å². The van der Waals surface area contributed by atoms with Crippen LogP contribution in [-0.4, -0.2) is 36.3 Å². The first-order chi connectivity index (χ1) is 9.56. The molecule has 110 valence electrons. The van der Waals surface area contributed by atoms with E-state index in [9.17, 15) is 9.90 Å². The summed E-state index contributed by atoms with van der Waals surface area (Å²) in [6.07, 6.45) is 1.64. The van der Waals surface area contributed by atoms with E-state index in [4.69, 9.17) is 10.5 Å². The van der Waals surface area contributed by atoms with Crippen molar-refractivity contribution < 1.29 is 14.6 Å². The predicted octanol–water partition coefficient (Wildman–Crippen LogP) is 0.803. The van der Waals surface area contributed by atoms with Gasteiger partial charge in [0.2, 0.25) is 5.91 Å². The molecular weight excluding hydrogens is 256 g/mol. The minimum absolute atomic E-state index is 0.142. The summed E-state index contributed by atoms with van der Waals surface area (Å²) in [6.45, 7) is 3.41. The Morgan fingerprint density at radius 1 is 1.50 bits per heavy atom. The van der Waals surface area contributed by atoms with Crippen molar-refractivity contribution in [2.45, 2.75) is 31.9 Å². The number of phenolic OH excluding ortho intramolecular Hbond substituents is 1. The van der Waals surface area contributed by atoms with E-state index >= 15 is 0 Å². The van der Waals surface area contributed by atoms with Crippen LogP contribution in [0.4, 0.5) is 0 Å².